The van der Waals surface area contributed by atoms with Crippen LogP contribution in [0.5, 0.6) is 5.75 Å². The van der Waals surface area contributed by atoms with Crippen molar-refractivity contribution in [3.63, 3.8) is 0 Å². The maximum absolute atomic E-state index is 11.2. The first-order chi connectivity index (χ1) is 16.6. The number of carboxylic acid groups (broad SMARTS) is 1. The van der Waals surface area contributed by atoms with Gasteiger partial charge in [-0.3, -0.25) is 0 Å². The van der Waals surface area contributed by atoms with Crippen molar-refractivity contribution in [2.24, 2.45) is 0 Å². The van der Waals surface area contributed by atoms with Crippen molar-refractivity contribution in [3.8, 4) is 17.1 Å². The van der Waals surface area contributed by atoms with Gasteiger partial charge in [-0.2, -0.15) is 0 Å². The van der Waals surface area contributed by atoms with Gasteiger partial charge in [-0.05, 0) is 54.8 Å². The highest BCUT2D eigenvalue weighted by Crippen LogP contribution is 2.23. The van der Waals surface area contributed by atoms with Crippen LogP contribution in [-0.2, 0) is 13.2 Å². The third-order valence-electron chi connectivity index (χ3n) is 6.04. The topological polar surface area (TPSA) is 103 Å². The number of benzene rings is 2. The summed E-state index contributed by atoms with van der Waals surface area (Å²) in [4.78, 5) is 25.4. The molecule has 1 atom stereocenters. The van der Waals surface area contributed by atoms with Crippen LogP contribution in [0.2, 0.25) is 0 Å². The number of hydrogen-bond donors (Lipinski definition) is 3. The Bertz CT molecular complexity index is 1260. The Morgan fingerprint density at radius 2 is 1.91 bits per heavy atom. The van der Waals surface area contributed by atoms with E-state index in [1.165, 1.54) is 4.90 Å². The molecule has 1 amide bonds. The first kappa shape index (κ1) is 21.9. The van der Waals surface area contributed by atoms with E-state index in [-0.39, 0.29) is 6.04 Å². The van der Waals surface area contributed by atoms with Gasteiger partial charge in [-0.15, -0.1) is 0 Å². The number of nitrogens with zero attached hydrogens (tertiary/aromatic N) is 3. The zero-order valence-electron chi connectivity index (χ0n) is 18.8. The fraction of sp³-hybridized carbons (Fsp3) is 0.269. The van der Waals surface area contributed by atoms with Crippen molar-refractivity contribution < 1.29 is 14.6 Å². The summed E-state index contributed by atoms with van der Waals surface area (Å²) in [5, 5.41) is 12.7. The smallest absolute Gasteiger partial charge is 0.407 e. The fourth-order valence-corrected chi connectivity index (χ4v) is 4.19. The van der Waals surface area contributed by atoms with E-state index in [1.54, 1.807) is 0 Å². The van der Waals surface area contributed by atoms with Crippen molar-refractivity contribution in [2.75, 3.05) is 13.1 Å². The van der Waals surface area contributed by atoms with E-state index in [2.05, 4.69) is 15.3 Å². The number of piperidine rings is 1. The summed E-state index contributed by atoms with van der Waals surface area (Å²) >= 11 is 0. The Morgan fingerprint density at radius 1 is 1.09 bits per heavy atom. The lowest BCUT2D eigenvalue weighted by Crippen LogP contribution is -2.47. The highest BCUT2D eigenvalue weighted by Gasteiger charge is 2.22. The summed E-state index contributed by atoms with van der Waals surface area (Å²) in [6.07, 6.45) is 0.980. The van der Waals surface area contributed by atoms with E-state index in [4.69, 9.17) is 9.72 Å². The summed E-state index contributed by atoms with van der Waals surface area (Å²) in [6, 6.07) is 22.0. The second-order valence-electron chi connectivity index (χ2n) is 8.50. The minimum absolute atomic E-state index is 0.141. The number of imidazole rings is 1. The maximum atomic E-state index is 11.2. The molecule has 1 aliphatic rings. The lowest BCUT2D eigenvalue weighted by atomic mass is 10.1. The van der Waals surface area contributed by atoms with Crippen molar-refractivity contribution in [3.05, 3.63) is 78.0 Å². The zero-order valence-corrected chi connectivity index (χ0v) is 18.8. The number of amides is 1. The van der Waals surface area contributed by atoms with Gasteiger partial charge >= 0.3 is 6.09 Å². The van der Waals surface area contributed by atoms with E-state index in [0.717, 1.165) is 52.4 Å². The summed E-state index contributed by atoms with van der Waals surface area (Å²) in [5.41, 5.74) is 4.51. The Kier molecular flexibility index (Phi) is 6.40. The first-order valence-corrected chi connectivity index (χ1v) is 11.5. The van der Waals surface area contributed by atoms with E-state index < -0.39 is 6.09 Å². The summed E-state index contributed by atoms with van der Waals surface area (Å²) in [6.45, 7) is 2.22. The van der Waals surface area contributed by atoms with Gasteiger partial charge < -0.3 is 25.0 Å². The van der Waals surface area contributed by atoms with Gasteiger partial charge in [0.05, 0.1) is 5.69 Å². The van der Waals surface area contributed by atoms with Crippen LogP contribution in [0.3, 0.4) is 0 Å². The minimum atomic E-state index is -0.855. The summed E-state index contributed by atoms with van der Waals surface area (Å²) in [5.74, 6) is 1.56. The number of aromatic nitrogens is 3. The molecule has 0 spiro atoms. The van der Waals surface area contributed by atoms with Gasteiger partial charge in [-0.25, -0.2) is 14.8 Å². The van der Waals surface area contributed by atoms with Crippen LogP contribution in [-0.4, -0.2) is 50.2 Å². The van der Waals surface area contributed by atoms with Gasteiger partial charge in [0, 0.05) is 31.2 Å². The van der Waals surface area contributed by atoms with Crippen molar-refractivity contribution >= 4 is 17.3 Å². The lowest BCUT2D eigenvalue weighted by molar-refractivity contribution is 0.126. The number of nitrogens with one attached hydrogen (secondary N) is 2. The molecule has 174 valence electrons. The van der Waals surface area contributed by atoms with Crippen LogP contribution < -0.4 is 10.1 Å². The molecule has 8 heteroatoms. The predicted molar refractivity (Wildman–Crippen MR) is 130 cm³/mol. The maximum Gasteiger partial charge on any atom is 0.407 e. The van der Waals surface area contributed by atoms with E-state index in [1.807, 2.05) is 66.7 Å². The van der Waals surface area contributed by atoms with E-state index in [0.29, 0.717) is 26.2 Å². The molecule has 1 unspecified atom stereocenters. The van der Waals surface area contributed by atoms with E-state index in [9.17, 15) is 9.90 Å². The Hall–Kier alpha value is -3.91. The Morgan fingerprint density at radius 3 is 2.71 bits per heavy atom. The number of carbonyl (C=O) groups is 1. The van der Waals surface area contributed by atoms with Crippen LogP contribution in [0.25, 0.3) is 22.6 Å². The highest BCUT2D eigenvalue weighted by atomic mass is 16.5. The number of H-pyrrole nitrogens is 1. The molecule has 1 saturated heterocycles. The molecular weight excluding hydrogens is 430 g/mol. The largest absolute Gasteiger partial charge is 0.489 e. The zero-order chi connectivity index (χ0) is 23.3. The highest BCUT2D eigenvalue weighted by molar-refractivity contribution is 5.76. The number of hydrogen-bond acceptors (Lipinski definition) is 5. The summed E-state index contributed by atoms with van der Waals surface area (Å²) in [7, 11) is 0. The lowest BCUT2D eigenvalue weighted by Gasteiger charge is -2.31. The quantitative estimate of drug-likeness (QED) is 0.379. The van der Waals surface area contributed by atoms with Crippen LogP contribution in [0.1, 0.15) is 24.1 Å². The number of aromatic amines is 1. The molecule has 34 heavy (non-hydrogen) atoms. The van der Waals surface area contributed by atoms with Crippen molar-refractivity contribution in [1.82, 2.24) is 25.2 Å². The number of pyridine rings is 1. The minimum Gasteiger partial charge on any atom is -0.489 e. The molecule has 2 aromatic carbocycles. The Labute approximate surface area is 197 Å². The van der Waals surface area contributed by atoms with Gasteiger partial charge in [0.15, 0.2) is 5.65 Å². The normalized spacial score (nSPS) is 16.0. The van der Waals surface area contributed by atoms with Gasteiger partial charge in [0.25, 0.3) is 0 Å². The molecule has 3 N–H and O–H groups in total. The van der Waals surface area contributed by atoms with E-state index >= 15 is 0 Å². The molecular formula is C26H27N5O3. The van der Waals surface area contributed by atoms with Crippen LogP contribution in [0.15, 0.2) is 66.7 Å². The Balaban J connectivity index is 1.21. The molecule has 1 aliphatic heterocycles. The molecule has 2 aromatic heterocycles. The average Bonchev–Trinajstić information content (AvgIpc) is 3.31. The number of fused-ring (bicyclic) bond motifs is 1. The second-order valence-corrected chi connectivity index (χ2v) is 8.50. The van der Waals surface area contributed by atoms with Crippen LogP contribution in [0, 0.1) is 0 Å². The fourth-order valence-electron chi connectivity index (χ4n) is 4.19. The van der Waals surface area contributed by atoms with Gasteiger partial charge in [0.1, 0.15) is 23.7 Å². The van der Waals surface area contributed by atoms with Crippen molar-refractivity contribution in [2.45, 2.75) is 32.0 Å². The number of rotatable bonds is 7. The first-order valence-electron chi connectivity index (χ1n) is 11.5. The molecule has 5 rings (SSSR count). The van der Waals surface area contributed by atoms with Crippen molar-refractivity contribution in [1.29, 1.82) is 0 Å². The number of ether oxygens (including phenoxy) is 1. The third-order valence-corrected chi connectivity index (χ3v) is 6.04. The molecule has 3 heterocycles. The average molecular weight is 458 g/mol. The molecule has 4 aromatic rings. The monoisotopic (exact) mass is 457 g/mol. The van der Waals surface area contributed by atoms with Gasteiger partial charge in [-0.1, -0.05) is 30.3 Å². The molecule has 8 nitrogen and oxygen atoms in total. The third kappa shape index (κ3) is 5.18. The van der Waals surface area contributed by atoms with Crippen LogP contribution in [0.4, 0.5) is 4.79 Å². The molecule has 0 saturated carbocycles. The summed E-state index contributed by atoms with van der Waals surface area (Å²) < 4.78 is 5.87. The number of likely N-dealkylation sites (tertiary alicyclic amines) is 1. The molecule has 0 radical (unpaired) electrons. The standard InChI is InChI=1S/C26H27N5O3/c32-26(33)31-14-4-7-21(16-31)27-15-20-10-13-23-25(28-20)30-24(29-23)19-8-11-22(12-9-19)34-17-18-5-2-1-3-6-18/h1-3,5-6,8-13,21,27H,4,7,14-17H2,(H,32,33)(H,28,29,30). The molecule has 1 fully saturated rings. The van der Waals surface area contributed by atoms with Crippen LogP contribution >= 0.6 is 0 Å². The SMILES string of the molecule is O=C(O)N1CCCC(NCc2ccc3nc(-c4ccc(OCc5ccccc5)cc4)[nH]c3n2)C1. The van der Waals surface area contributed by atoms with Gasteiger partial charge in [0.2, 0.25) is 0 Å². The molecule has 0 aliphatic carbocycles. The second kappa shape index (κ2) is 9.93. The predicted octanol–water partition coefficient (Wildman–Crippen LogP) is 4.44. The molecule has 0 bridgehead atoms.